The number of carboxylic acid groups (broad SMARTS) is 1. The average molecular weight is 262 g/mol. The van der Waals surface area contributed by atoms with Gasteiger partial charge in [-0.1, -0.05) is 5.16 Å². The third kappa shape index (κ3) is 2.83. The Labute approximate surface area is 99.1 Å². The molecule has 0 unspecified atom stereocenters. The Morgan fingerprint density at radius 2 is 2.06 bits per heavy atom. The topological polar surface area (TPSA) is 101 Å². The molecule has 0 atom stereocenters. The van der Waals surface area contributed by atoms with Crippen molar-refractivity contribution in [1.29, 1.82) is 0 Å². The third-order valence-electron chi connectivity index (χ3n) is 2.28. The van der Waals surface area contributed by atoms with Crippen molar-refractivity contribution in [3.05, 3.63) is 11.5 Å². The fourth-order valence-electron chi connectivity index (χ4n) is 1.37. The van der Waals surface area contributed by atoms with E-state index in [1.54, 1.807) is 0 Å². The molecule has 0 radical (unpaired) electrons. The molecule has 17 heavy (non-hydrogen) atoms. The molecule has 0 saturated carbocycles. The van der Waals surface area contributed by atoms with Crippen LogP contribution in [0.2, 0.25) is 0 Å². The van der Waals surface area contributed by atoms with Crippen molar-refractivity contribution in [2.24, 2.45) is 0 Å². The molecule has 1 heterocycles. The molecule has 0 amide bonds. The van der Waals surface area contributed by atoms with E-state index in [0.29, 0.717) is 0 Å². The minimum absolute atomic E-state index is 0.00499. The van der Waals surface area contributed by atoms with Gasteiger partial charge in [-0.05, 0) is 13.8 Å². The van der Waals surface area contributed by atoms with Crippen LogP contribution in [0.5, 0.6) is 0 Å². The average Bonchev–Trinajstić information content (AvgIpc) is 2.55. The Morgan fingerprint density at radius 1 is 1.47 bits per heavy atom. The maximum atomic E-state index is 12.1. The molecule has 0 bridgehead atoms. The molecule has 1 N–H and O–H groups in total. The molecular formula is C9H14N2O5S. The highest BCUT2D eigenvalue weighted by Gasteiger charge is 2.28. The summed E-state index contributed by atoms with van der Waals surface area (Å²) in [6.07, 6.45) is -0.251. The normalized spacial score (nSPS) is 12.0. The van der Waals surface area contributed by atoms with Gasteiger partial charge in [0, 0.05) is 13.6 Å². The maximum Gasteiger partial charge on any atom is 0.304 e. The highest BCUT2D eigenvalue weighted by atomic mass is 32.2. The molecule has 0 spiro atoms. The molecule has 96 valence electrons. The summed E-state index contributed by atoms with van der Waals surface area (Å²) in [6.45, 7) is 2.92. The summed E-state index contributed by atoms with van der Waals surface area (Å²) in [4.78, 5) is 10.4. The zero-order valence-corrected chi connectivity index (χ0v) is 10.6. The van der Waals surface area contributed by atoms with Gasteiger partial charge in [0.05, 0.1) is 6.42 Å². The van der Waals surface area contributed by atoms with Crippen molar-refractivity contribution in [2.45, 2.75) is 25.2 Å². The van der Waals surface area contributed by atoms with Crippen LogP contribution in [-0.2, 0) is 14.8 Å². The molecule has 1 aromatic rings. The van der Waals surface area contributed by atoms with Crippen molar-refractivity contribution in [1.82, 2.24) is 9.46 Å². The van der Waals surface area contributed by atoms with Gasteiger partial charge < -0.3 is 9.63 Å². The minimum atomic E-state index is -3.74. The molecule has 1 aromatic heterocycles. The van der Waals surface area contributed by atoms with Crippen molar-refractivity contribution in [3.8, 4) is 0 Å². The lowest BCUT2D eigenvalue weighted by Gasteiger charge is -2.15. The molecule has 0 aromatic carbocycles. The number of aliphatic carboxylic acids is 1. The van der Waals surface area contributed by atoms with Crippen LogP contribution < -0.4 is 0 Å². The van der Waals surface area contributed by atoms with Crippen LogP contribution in [0, 0.1) is 13.8 Å². The fraction of sp³-hybridized carbons (Fsp3) is 0.556. The second-order valence-electron chi connectivity index (χ2n) is 3.62. The summed E-state index contributed by atoms with van der Waals surface area (Å²) < 4.78 is 29.9. The van der Waals surface area contributed by atoms with Gasteiger partial charge in [0.25, 0.3) is 0 Å². The minimum Gasteiger partial charge on any atom is -0.481 e. The van der Waals surface area contributed by atoms with E-state index in [2.05, 4.69) is 5.16 Å². The van der Waals surface area contributed by atoms with Crippen LogP contribution in [0.3, 0.4) is 0 Å². The summed E-state index contributed by atoms with van der Waals surface area (Å²) in [5.74, 6) is -0.851. The van der Waals surface area contributed by atoms with E-state index in [9.17, 15) is 13.2 Å². The molecule has 0 fully saturated rings. The van der Waals surface area contributed by atoms with Crippen LogP contribution >= 0.6 is 0 Å². The van der Waals surface area contributed by atoms with E-state index >= 15 is 0 Å². The fourth-order valence-corrected chi connectivity index (χ4v) is 2.83. The summed E-state index contributed by atoms with van der Waals surface area (Å²) in [6, 6.07) is 0. The van der Waals surface area contributed by atoms with E-state index in [1.165, 1.54) is 20.9 Å². The number of hydrogen-bond acceptors (Lipinski definition) is 5. The van der Waals surface area contributed by atoms with Crippen LogP contribution in [0.4, 0.5) is 0 Å². The summed E-state index contributed by atoms with van der Waals surface area (Å²) in [7, 11) is -2.42. The van der Waals surface area contributed by atoms with E-state index in [0.717, 1.165) is 4.31 Å². The SMILES string of the molecule is Cc1noc(C)c1S(=O)(=O)N(C)CCC(=O)O. The number of rotatable bonds is 5. The Morgan fingerprint density at radius 3 is 2.47 bits per heavy atom. The molecular weight excluding hydrogens is 248 g/mol. The first-order valence-electron chi connectivity index (χ1n) is 4.88. The van der Waals surface area contributed by atoms with Gasteiger partial charge in [-0.3, -0.25) is 4.79 Å². The number of aryl methyl sites for hydroxylation is 2. The lowest BCUT2D eigenvalue weighted by atomic mass is 10.4. The number of hydrogen-bond donors (Lipinski definition) is 1. The van der Waals surface area contributed by atoms with E-state index in [4.69, 9.17) is 9.63 Å². The van der Waals surface area contributed by atoms with Gasteiger partial charge in [0.2, 0.25) is 10.0 Å². The first-order valence-corrected chi connectivity index (χ1v) is 6.32. The highest BCUT2D eigenvalue weighted by molar-refractivity contribution is 7.89. The van der Waals surface area contributed by atoms with Gasteiger partial charge in [-0.15, -0.1) is 0 Å². The molecule has 0 saturated heterocycles. The Hall–Kier alpha value is -1.41. The zero-order valence-electron chi connectivity index (χ0n) is 9.80. The van der Waals surface area contributed by atoms with Crippen molar-refractivity contribution in [2.75, 3.05) is 13.6 Å². The van der Waals surface area contributed by atoms with E-state index in [1.807, 2.05) is 0 Å². The van der Waals surface area contributed by atoms with Gasteiger partial charge >= 0.3 is 5.97 Å². The second-order valence-corrected chi connectivity index (χ2v) is 5.61. The summed E-state index contributed by atoms with van der Waals surface area (Å²) in [5.41, 5.74) is 0.268. The van der Waals surface area contributed by atoms with Crippen LogP contribution in [-0.4, -0.2) is 42.5 Å². The van der Waals surface area contributed by atoms with Crippen LogP contribution in [0.15, 0.2) is 9.42 Å². The maximum absolute atomic E-state index is 12.1. The second kappa shape index (κ2) is 4.84. The van der Waals surface area contributed by atoms with Crippen molar-refractivity contribution >= 4 is 16.0 Å². The quantitative estimate of drug-likeness (QED) is 0.823. The predicted molar refractivity (Wildman–Crippen MR) is 58.0 cm³/mol. The molecule has 0 aliphatic rings. The van der Waals surface area contributed by atoms with Crippen LogP contribution in [0.1, 0.15) is 17.9 Å². The third-order valence-corrected chi connectivity index (χ3v) is 4.38. The number of carbonyl (C=O) groups is 1. The number of carboxylic acids is 1. The number of sulfonamides is 1. The Kier molecular flexibility index (Phi) is 3.89. The van der Waals surface area contributed by atoms with Gasteiger partial charge in [-0.25, -0.2) is 12.7 Å². The Bertz CT molecular complexity index is 500. The lowest BCUT2D eigenvalue weighted by molar-refractivity contribution is -0.137. The van der Waals surface area contributed by atoms with Crippen molar-refractivity contribution < 1.29 is 22.8 Å². The first-order chi connectivity index (χ1) is 7.76. The molecule has 0 aliphatic carbocycles. The predicted octanol–water partition coefficient (Wildman–Crippen LogP) is 0.387. The van der Waals surface area contributed by atoms with Gasteiger partial charge in [0.15, 0.2) is 5.76 Å². The largest absolute Gasteiger partial charge is 0.481 e. The monoisotopic (exact) mass is 262 g/mol. The van der Waals surface area contributed by atoms with Gasteiger partial charge in [-0.2, -0.15) is 0 Å². The zero-order chi connectivity index (χ0) is 13.2. The van der Waals surface area contributed by atoms with Crippen molar-refractivity contribution in [3.63, 3.8) is 0 Å². The summed E-state index contributed by atoms with van der Waals surface area (Å²) >= 11 is 0. The van der Waals surface area contributed by atoms with Gasteiger partial charge in [0.1, 0.15) is 10.6 Å². The lowest BCUT2D eigenvalue weighted by Crippen LogP contribution is -2.29. The van der Waals surface area contributed by atoms with E-state index < -0.39 is 16.0 Å². The Balaban J connectivity index is 2.99. The smallest absolute Gasteiger partial charge is 0.304 e. The molecule has 7 nitrogen and oxygen atoms in total. The van der Waals surface area contributed by atoms with Crippen LogP contribution in [0.25, 0.3) is 0 Å². The first kappa shape index (κ1) is 13.7. The standard InChI is InChI=1S/C9H14N2O5S/c1-6-9(7(2)16-10-6)17(14,15)11(3)5-4-8(12)13/h4-5H2,1-3H3,(H,12,13). The number of aromatic nitrogens is 1. The number of nitrogens with zero attached hydrogens (tertiary/aromatic N) is 2. The summed E-state index contributed by atoms with van der Waals surface area (Å²) in [5, 5.41) is 12.1. The molecule has 0 aliphatic heterocycles. The molecule has 8 heteroatoms. The molecule has 1 rings (SSSR count). The van der Waals surface area contributed by atoms with E-state index in [-0.39, 0.29) is 29.3 Å². The highest BCUT2D eigenvalue weighted by Crippen LogP contribution is 2.22.